The van der Waals surface area contributed by atoms with Crippen molar-refractivity contribution < 1.29 is 13.2 Å². The van der Waals surface area contributed by atoms with E-state index in [1.165, 1.54) is 28.1 Å². The molecule has 1 aliphatic rings. The summed E-state index contributed by atoms with van der Waals surface area (Å²) in [6.45, 7) is 1.00. The summed E-state index contributed by atoms with van der Waals surface area (Å²) in [4.78, 5) is 11.4. The maximum absolute atomic E-state index is 12.8. The zero-order valence-electron chi connectivity index (χ0n) is 14.0. The van der Waals surface area contributed by atoms with Gasteiger partial charge in [0.25, 0.3) is 0 Å². The van der Waals surface area contributed by atoms with Crippen molar-refractivity contribution in [3.8, 4) is 0 Å². The van der Waals surface area contributed by atoms with Gasteiger partial charge in [-0.3, -0.25) is 4.79 Å². The SMILES string of the molecule is NC(=O)c1cccc(S(=O)(=O)N2CCC(Cc3ccccc3)CC2)c1. The van der Waals surface area contributed by atoms with Crippen LogP contribution < -0.4 is 5.73 Å². The number of carbonyl (C=O) groups excluding carboxylic acids is 1. The summed E-state index contributed by atoms with van der Waals surface area (Å²) in [6, 6.07) is 16.2. The van der Waals surface area contributed by atoms with E-state index in [9.17, 15) is 13.2 Å². The predicted octanol–water partition coefficient (Wildman–Crippen LogP) is 2.43. The Labute approximate surface area is 148 Å². The van der Waals surface area contributed by atoms with Crippen LogP contribution in [0.2, 0.25) is 0 Å². The minimum atomic E-state index is -3.59. The molecule has 0 aliphatic carbocycles. The van der Waals surface area contributed by atoms with Gasteiger partial charge in [-0.1, -0.05) is 36.4 Å². The molecule has 5 nitrogen and oxygen atoms in total. The van der Waals surface area contributed by atoms with E-state index >= 15 is 0 Å². The first kappa shape index (κ1) is 17.6. The van der Waals surface area contributed by atoms with Gasteiger partial charge in [-0.15, -0.1) is 0 Å². The Balaban J connectivity index is 1.67. The van der Waals surface area contributed by atoms with Crippen LogP contribution in [0.5, 0.6) is 0 Å². The molecule has 0 unspecified atom stereocenters. The lowest BCUT2D eigenvalue weighted by molar-refractivity contribution is 0.1000. The van der Waals surface area contributed by atoms with E-state index in [0.717, 1.165) is 19.3 Å². The summed E-state index contributed by atoms with van der Waals surface area (Å²) >= 11 is 0. The third-order valence-corrected chi connectivity index (χ3v) is 6.59. The quantitative estimate of drug-likeness (QED) is 0.891. The van der Waals surface area contributed by atoms with E-state index in [-0.39, 0.29) is 10.5 Å². The largest absolute Gasteiger partial charge is 0.366 e. The fourth-order valence-electron chi connectivity index (χ4n) is 3.26. The van der Waals surface area contributed by atoms with Crippen molar-refractivity contribution in [2.24, 2.45) is 11.7 Å². The zero-order valence-corrected chi connectivity index (χ0v) is 14.8. The van der Waals surface area contributed by atoms with Crippen LogP contribution in [-0.4, -0.2) is 31.7 Å². The van der Waals surface area contributed by atoms with Crippen LogP contribution in [0, 0.1) is 5.92 Å². The van der Waals surface area contributed by atoms with Crippen molar-refractivity contribution in [2.75, 3.05) is 13.1 Å². The van der Waals surface area contributed by atoms with Gasteiger partial charge in [-0.25, -0.2) is 8.42 Å². The van der Waals surface area contributed by atoms with Gasteiger partial charge in [0.2, 0.25) is 15.9 Å². The van der Waals surface area contributed by atoms with Gasteiger partial charge in [-0.2, -0.15) is 4.31 Å². The highest BCUT2D eigenvalue weighted by atomic mass is 32.2. The third kappa shape index (κ3) is 4.08. The summed E-state index contributed by atoms with van der Waals surface area (Å²) in [5.74, 6) is -0.135. The molecular formula is C19H22N2O3S. The molecule has 6 heteroatoms. The summed E-state index contributed by atoms with van der Waals surface area (Å²) in [5.41, 5.74) is 6.75. The molecule has 0 radical (unpaired) electrons. The maximum Gasteiger partial charge on any atom is 0.248 e. The molecule has 25 heavy (non-hydrogen) atoms. The molecular weight excluding hydrogens is 336 g/mol. The first-order valence-electron chi connectivity index (χ1n) is 8.41. The Hall–Kier alpha value is -2.18. The number of amides is 1. The number of piperidine rings is 1. The highest BCUT2D eigenvalue weighted by molar-refractivity contribution is 7.89. The lowest BCUT2D eigenvalue weighted by atomic mass is 9.91. The number of benzene rings is 2. The van der Waals surface area contributed by atoms with E-state index < -0.39 is 15.9 Å². The fourth-order valence-corrected chi connectivity index (χ4v) is 4.78. The predicted molar refractivity (Wildman–Crippen MR) is 96.6 cm³/mol. The van der Waals surface area contributed by atoms with Crippen LogP contribution in [0.25, 0.3) is 0 Å². The van der Waals surface area contributed by atoms with Crippen LogP contribution >= 0.6 is 0 Å². The molecule has 2 aromatic carbocycles. The number of hydrogen-bond donors (Lipinski definition) is 1. The summed E-state index contributed by atoms with van der Waals surface area (Å²) in [5, 5.41) is 0. The number of nitrogens with two attached hydrogens (primary N) is 1. The van der Waals surface area contributed by atoms with Gasteiger partial charge in [0, 0.05) is 18.7 Å². The minimum Gasteiger partial charge on any atom is -0.366 e. The van der Waals surface area contributed by atoms with E-state index in [4.69, 9.17) is 5.73 Å². The molecule has 0 aromatic heterocycles. The third-order valence-electron chi connectivity index (χ3n) is 4.70. The Bertz CT molecular complexity index is 842. The summed E-state index contributed by atoms with van der Waals surface area (Å²) in [6.07, 6.45) is 2.65. The molecule has 0 bridgehead atoms. The van der Waals surface area contributed by atoms with E-state index in [1.807, 2.05) is 18.2 Å². The molecule has 0 spiro atoms. The molecule has 2 N–H and O–H groups in total. The van der Waals surface area contributed by atoms with Gasteiger partial charge < -0.3 is 5.73 Å². The first-order valence-corrected chi connectivity index (χ1v) is 9.85. The average molecular weight is 358 g/mol. The number of carbonyl (C=O) groups is 1. The summed E-state index contributed by atoms with van der Waals surface area (Å²) in [7, 11) is -3.59. The fraction of sp³-hybridized carbons (Fsp3) is 0.316. The molecule has 1 saturated heterocycles. The van der Waals surface area contributed by atoms with Crippen LogP contribution in [0.4, 0.5) is 0 Å². The minimum absolute atomic E-state index is 0.130. The van der Waals surface area contributed by atoms with Gasteiger partial charge in [-0.05, 0) is 48.9 Å². The number of rotatable bonds is 5. The van der Waals surface area contributed by atoms with Crippen molar-refractivity contribution in [2.45, 2.75) is 24.2 Å². The maximum atomic E-state index is 12.8. The molecule has 132 valence electrons. The van der Waals surface area contributed by atoms with Gasteiger partial charge in [0.15, 0.2) is 0 Å². The second-order valence-electron chi connectivity index (χ2n) is 6.43. The van der Waals surface area contributed by atoms with Gasteiger partial charge >= 0.3 is 0 Å². The molecule has 2 aromatic rings. The van der Waals surface area contributed by atoms with Gasteiger partial charge in [0.05, 0.1) is 4.90 Å². The topological polar surface area (TPSA) is 80.5 Å². The van der Waals surface area contributed by atoms with Crippen molar-refractivity contribution in [3.63, 3.8) is 0 Å². The lowest BCUT2D eigenvalue weighted by Crippen LogP contribution is -2.38. The molecule has 3 rings (SSSR count). The number of primary amides is 1. The van der Waals surface area contributed by atoms with E-state index in [2.05, 4.69) is 12.1 Å². The van der Waals surface area contributed by atoms with Crippen molar-refractivity contribution in [1.82, 2.24) is 4.31 Å². The lowest BCUT2D eigenvalue weighted by Gasteiger charge is -2.31. The Morgan fingerprint density at radius 3 is 2.36 bits per heavy atom. The average Bonchev–Trinajstić information content (AvgIpc) is 2.63. The number of sulfonamides is 1. The Morgan fingerprint density at radius 1 is 1.04 bits per heavy atom. The highest BCUT2D eigenvalue weighted by Gasteiger charge is 2.29. The number of hydrogen-bond acceptors (Lipinski definition) is 3. The van der Waals surface area contributed by atoms with Crippen LogP contribution in [-0.2, 0) is 16.4 Å². The smallest absolute Gasteiger partial charge is 0.248 e. The Kier molecular flexibility index (Phi) is 5.20. The standard InChI is InChI=1S/C19H22N2O3S/c20-19(22)17-7-4-8-18(14-17)25(23,24)21-11-9-16(10-12-21)13-15-5-2-1-3-6-15/h1-8,14,16H,9-13H2,(H2,20,22). The molecule has 1 aliphatic heterocycles. The van der Waals surface area contributed by atoms with E-state index in [1.54, 1.807) is 6.07 Å². The van der Waals surface area contributed by atoms with Crippen molar-refractivity contribution >= 4 is 15.9 Å². The Morgan fingerprint density at radius 2 is 1.72 bits per heavy atom. The van der Waals surface area contributed by atoms with Crippen LogP contribution in [0.1, 0.15) is 28.8 Å². The van der Waals surface area contributed by atoms with Crippen molar-refractivity contribution in [3.05, 3.63) is 65.7 Å². The van der Waals surface area contributed by atoms with Crippen LogP contribution in [0.3, 0.4) is 0 Å². The second-order valence-corrected chi connectivity index (χ2v) is 8.37. The second kappa shape index (κ2) is 7.37. The summed E-state index contributed by atoms with van der Waals surface area (Å²) < 4.78 is 27.1. The van der Waals surface area contributed by atoms with Gasteiger partial charge in [0.1, 0.15) is 0 Å². The molecule has 0 atom stereocenters. The normalized spacial score (nSPS) is 16.6. The molecule has 1 fully saturated rings. The number of nitrogens with zero attached hydrogens (tertiary/aromatic N) is 1. The molecule has 1 amide bonds. The monoisotopic (exact) mass is 358 g/mol. The molecule has 1 heterocycles. The first-order chi connectivity index (χ1) is 12.0. The highest BCUT2D eigenvalue weighted by Crippen LogP contribution is 2.26. The zero-order chi connectivity index (χ0) is 17.9. The van der Waals surface area contributed by atoms with Crippen molar-refractivity contribution in [1.29, 1.82) is 0 Å². The van der Waals surface area contributed by atoms with Crippen LogP contribution in [0.15, 0.2) is 59.5 Å². The van der Waals surface area contributed by atoms with E-state index in [0.29, 0.717) is 19.0 Å². The molecule has 0 saturated carbocycles.